The minimum atomic E-state index is 1.01. The van der Waals surface area contributed by atoms with Crippen LogP contribution < -0.4 is 0 Å². The van der Waals surface area contributed by atoms with Crippen LogP contribution in [0.3, 0.4) is 0 Å². The van der Waals surface area contributed by atoms with Crippen LogP contribution in [0.15, 0.2) is 66.8 Å². The molecule has 0 saturated carbocycles. The summed E-state index contributed by atoms with van der Waals surface area (Å²) in [6.07, 6.45) is 15.2. The van der Waals surface area contributed by atoms with Crippen LogP contribution in [-0.2, 0) is 6.42 Å². The molecule has 0 aliphatic heterocycles. The molecule has 2 nitrogen and oxygen atoms in total. The van der Waals surface area contributed by atoms with E-state index in [0.29, 0.717) is 0 Å². The molecule has 0 N–H and O–H groups in total. The first-order valence-electron chi connectivity index (χ1n) is 7.16. The van der Waals surface area contributed by atoms with E-state index in [9.17, 15) is 0 Å². The second kappa shape index (κ2) is 6.90. The van der Waals surface area contributed by atoms with Crippen molar-refractivity contribution in [3.8, 4) is 0 Å². The third-order valence-corrected chi connectivity index (χ3v) is 3.61. The highest BCUT2D eigenvalue weighted by Gasteiger charge is 2.04. The zero-order valence-corrected chi connectivity index (χ0v) is 12.3. The molecule has 0 unspecified atom stereocenters. The van der Waals surface area contributed by atoms with Crippen molar-refractivity contribution < 1.29 is 0 Å². The van der Waals surface area contributed by atoms with E-state index in [1.54, 1.807) is 0 Å². The number of aryl methyl sites for hydroxylation is 1. The Hall–Kier alpha value is -2.09. The fourth-order valence-electron chi connectivity index (χ4n) is 2.54. The first-order chi connectivity index (χ1) is 9.80. The SMILES string of the molecule is C=C/C(CCc1cccn2cncc12)=C(\C=C\C)CC. The number of imidazole rings is 1. The zero-order chi connectivity index (χ0) is 14.4. The predicted molar refractivity (Wildman–Crippen MR) is 85.8 cm³/mol. The molecule has 2 aromatic heterocycles. The molecule has 2 aromatic rings. The molecule has 0 saturated heterocycles. The maximum atomic E-state index is 4.21. The Labute approximate surface area is 121 Å². The second-order valence-corrected chi connectivity index (χ2v) is 4.83. The van der Waals surface area contributed by atoms with Gasteiger partial charge in [0.1, 0.15) is 0 Å². The maximum absolute atomic E-state index is 4.21. The largest absolute Gasteiger partial charge is 0.306 e. The summed E-state index contributed by atoms with van der Waals surface area (Å²) in [7, 11) is 0. The first-order valence-corrected chi connectivity index (χ1v) is 7.16. The summed E-state index contributed by atoms with van der Waals surface area (Å²) in [5.41, 5.74) is 5.25. The molecule has 20 heavy (non-hydrogen) atoms. The maximum Gasteiger partial charge on any atom is 0.0992 e. The van der Waals surface area contributed by atoms with Crippen molar-refractivity contribution in [2.45, 2.75) is 33.1 Å². The lowest BCUT2D eigenvalue weighted by molar-refractivity contribution is 0.937. The summed E-state index contributed by atoms with van der Waals surface area (Å²) >= 11 is 0. The normalized spacial score (nSPS) is 12.9. The smallest absolute Gasteiger partial charge is 0.0992 e. The van der Waals surface area contributed by atoms with Gasteiger partial charge in [-0.15, -0.1) is 0 Å². The van der Waals surface area contributed by atoms with E-state index in [2.05, 4.69) is 54.1 Å². The summed E-state index contributed by atoms with van der Waals surface area (Å²) in [5, 5.41) is 0. The van der Waals surface area contributed by atoms with Gasteiger partial charge in [0.2, 0.25) is 0 Å². The van der Waals surface area contributed by atoms with E-state index >= 15 is 0 Å². The van der Waals surface area contributed by atoms with Gasteiger partial charge in [0, 0.05) is 6.20 Å². The van der Waals surface area contributed by atoms with Gasteiger partial charge in [-0.25, -0.2) is 4.98 Å². The number of fused-ring (bicyclic) bond motifs is 1. The highest BCUT2D eigenvalue weighted by molar-refractivity contribution is 5.53. The van der Waals surface area contributed by atoms with Crippen molar-refractivity contribution in [1.82, 2.24) is 9.38 Å². The van der Waals surface area contributed by atoms with Gasteiger partial charge in [-0.3, -0.25) is 0 Å². The topological polar surface area (TPSA) is 17.3 Å². The van der Waals surface area contributed by atoms with Crippen LogP contribution in [0.5, 0.6) is 0 Å². The van der Waals surface area contributed by atoms with Crippen LogP contribution in [0.2, 0.25) is 0 Å². The number of nitrogens with zero attached hydrogens (tertiary/aromatic N) is 2. The third-order valence-electron chi connectivity index (χ3n) is 3.61. The van der Waals surface area contributed by atoms with Crippen LogP contribution >= 0.6 is 0 Å². The van der Waals surface area contributed by atoms with Crippen LogP contribution in [0, 0.1) is 0 Å². The molecule has 0 aliphatic rings. The summed E-state index contributed by atoms with van der Waals surface area (Å²) < 4.78 is 2.07. The molecule has 0 amide bonds. The molecule has 0 bridgehead atoms. The van der Waals surface area contributed by atoms with Crippen LogP contribution in [0.25, 0.3) is 5.52 Å². The number of hydrogen-bond acceptors (Lipinski definition) is 1. The number of hydrogen-bond donors (Lipinski definition) is 0. The van der Waals surface area contributed by atoms with Gasteiger partial charge in [-0.05, 0) is 49.0 Å². The monoisotopic (exact) mass is 266 g/mol. The minimum Gasteiger partial charge on any atom is -0.306 e. The highest BCUT2D eigenvalue weighted by Crippen LogP contribution is 2.20. The minimum absolute atomic E-state index is 1.01. The lowest BCUT2D eigenvalue weighted by Gasteiger charge is -2.09. The standard InChI is InChI=1S/C18H22N2/c1-4-8-15(5-2)16(6-3)10-11-17-9-7-12-20-14-19-13-18(17)20/h4,6-9,12-14H,3,5,10-11H2,1-2H3/b8-4+,16-15+. The van der Waals surface area contributed by atoms with Crippen molar-refractivity contribution in [3.05, 3.63) is 72.4 Å². The Morgan fingerprint density at radius 3 is 2.95 bits per heavy atom. The van der Waals surface area contributed by atoms with Gasteiger partial charge in [-0.2, -0.15) is 0 Å². The molecule has 0 fully saturated rings. The zero-order valence-electron chi connectivity index (χ0n) is 12.3. The van der Waals surface area contributed by atoms with Gasteiger partial charge in [0.15, 0.2) is 0 Å². The summed E-state index contributed by atoms with van der Waals surface area (Å²) in [6.45, 7) is 8.22. The molecular formula is C18H22N2. The Balaban J connectivity index is 2.22. The third kappa shape index (κ3) is 3.08. The molecule has 2 heterocycles. The molecule has 0 aromatic carbocycles. The van der Waals surface area contributed by atoms with E-state index in [-0.39, 0.29) is 0 Å². The van der Waals surface area contributed by atoms with Crippen LogP contribution in [0.1, 0.15) is 32.3 Å². The summed E-state index contributed by atoms with van der Waals surface area (Å²) in [5.74, 6) is 0. The fourth-order valence-corrected chi connectivity index (χ4v) is 2.54. The quantitative estimate of drug-likeness (QED) is 0.690. The van der Waals surface area contributed by atoms with Gasteiger partial charge in [0.05, 0.1) is 18.0 Å². The molecule has 2 heteroatoms. The van der Waals surface area contributed by atoms with E-state index < -0.39 is 0 Å². The molecule has 0 atom stereocenters. The Bertz CT molecular complexity index is 644. The van der Waals surface area contributed by atoms with Gasteiger partial charge < -0.3 is 4.40 Å². The van der Waals surface area contributed by atoms with E-state index in [0.717, 1.165) is 19.3 Å². The Morgan fingerprint density at radius 1 is 1.40 bits per heavy atom. The molecule has 0 radical (unpaired) electrons. The Morgan fingerprint density at radius 2 is 2.25 bits per heavy atom. The van der Waals surface area contributed by atoms with Crippen LogP contribution in [0.4, 0.5) is 0 Å². The summed E-state index contributed by atoms with van der Waals surface area (Å²) in [4.78, 5) is 4.21. The summed E-state index contributed by atoms with van der Waals surface area (Å²) in [6, 6.07) is 4.26. The van der Waals surface area contributed by atoms with Gasteiger partial charge in [-0.1, -0.05) is 37.8 Å². The average Bonchev–Trinajstić information content (AvgIpc) is 2.95. The van der Waals surface area contributed by atoms with Crippen molar-refractivity contribution >= 4 is 5.52 Å². The van der Waals surface area contributed by atoms with Gasteiger partial charge >= 0.3 is 0 Å². The van der Waals surface area contributed by atoms with E-state index in [4.69, 9.17) is 0 Å². The number of aromatic nitrogens is 2. The molecule has 2 rings (SSSR count). The molecule has 104 valence electrons. The second-order valence-electron chi connectivity index (χ2n) is 4.83. The molecule has 0 aliphatic carbocycles. The van der Waals surface area contributed by atoms with Crippen molar-refractivity contribution in [3.63, 3.8) is 0 Å². The van der Waals surface area contributed by atoms with E-state index in [1.165, 1.54) is 22.2 Å². The first kappa shape index (κ1) is 14.3. The van der Waals surface area contributed by atoms with Crippen molar-refractivity contribution in [1.29, 1.82) is 0 Å². The van der Waals surface area contributed by atoms with Crippen molar-refractivity contribution in [2.75, 3.05) is 0 Å². The Kier molecular flexibility index (Phi) is 4.94. The number of allylic oxidation sites excluding steroid dienone is 5. The van der Waals surface area contributed by atoms with Gasteiger partial charge in [0.25, 0.3) is 0 Å². The van der Waals surface area contributed by atoms with Crippen molar-refractivity contribution in [2.24, 2.45) is 0 Å². The average molecular weight is 266 g/mol. The predicted octanol–water partition coefficient (Wildman–Crippen LogP) is 4.74. The lowest BCUT2D eigenvalue weighted by Crippen LogP contribution is -1.94. The van der Waals surface area contributed by atoms with E-state index in [1.807, 2.05) is 24.8 Å². The number of pyridine rings is 1. The fraction of sp³-hybridized carbons (Fsp3) is 0.278. The van der Waals surface area contributed by atoms with Crippen LogP contribution in [-0.4, -0.2) is 9.38 Å². The molecule has 0 spiro atoms. The number of rotatable bonds is 6. The lowest BCUT2D eigenvalue weighted by atomic mass is 9.98. The molecular weight excluding hydrogens is 244 g/mol. The highest BCUT2D eigenvalue weighted by atomic mass is 15.0.